The van der Waals surface area contributed by atoms with Crippen LogP contribution in [0.15, 0.2) is 17.1 Å². The van der Waals surface area contributed by atoms with Gasteiger partial charge in [-0.1, -0.05) is 0 Å². The summed E-state index contributed by atoms with van der Waals surface area (Å²) in [5, 5.41) is 3.46. The van der Waals surface area contributed by atoms with E-state index in [9.17, 15) is 0 Å². The molecular weight excluding hydrogens is 374 g/mol. The minimum absolute atomic E-state index is 0.521. The molecule has 2 rings (SSSR count). The van der Waals surface area contributed by atoms with Gasteiger partial charge in [0.15, 0.2) is 5.96 Å². The zero-order valence-corrected chi connectivity index (χ0v) is 18.3. The van der Waals surface area contributed by atoms with Gasteiger partial charge in [0.05, 0.1) is 41.2 Å². The maximum atomic E-state index is 5.68. The lowest BCUT2D eigenvalue weighted by Crippen LogP contribution is -2.41. The molecule has 8 heteroatoms. The molecule has 0 spiro atoms. The van der Waals surface area contributed by atoms with Crippen LogP contribution in [-0.4, -0.2) is 85.8 Å². The Bertz CT molecular complexity index is 628. The Morgan fingerprint density at radius 3 is 2.41 bits per heavy atom. The maximum Gasteiger partial charge on any atom is 0.193 e. The molecule has 0 aliphatic carbocycles. The molecule has 1 atom stereocenters. The van der Waals surface area contributed by atoms with Crippen LogP contribution in [-0.2, 0) is 15.9 Å². The van der Waals surface area contributed by atoms with Crippen LogP contribution in [0.25, 0.3) is 0 Å². The van der Waals surface area contributed by atoms with Gasteiger partial charge in [0.1, 0.15) is 17.2 Å². The molecule has 0 bridgehead atoms. The normalized spacial score (nSPS) is 16.8. The number of hydrogen-bond donors (Lipinski definition) is 1. The first-order valence-electron chi connectivity index (χ1n) is 9.97. The first-order chi connectivity index (χ1) is 14.2. The smallest absolute Gasteiger partial charge is 0.193 e. The Morgan fingerprint density at radius 1 is 1.10 bits per heavy atom. The molecule has 1 aromatic carbocycles. The standard InChI is InChI=1S/C21H35N3O5/c1-22-21(24-9-7-16(14-24)15-29-11-10-25-2)23-8-6-18-19(27-4)12-17(26-3)13-20(18)28-5/h12-13,16H,6-11,14-15H2,1-5H3,(H,22,23). The molecule has 0 aromatic heterocycles. The van der Waals surface area contributed by atoms with E-state index < -0.39 is 0 Å². The Morgan fingerprint density at radius 2 is 1.83 bits per heavy atom. The van der Waals surface area contributed by atoms with E-state index in [0.717, 1.165) is 62.1 Å². The van der Waals surface area contributed by atoms with Crippen molar-refractivity contribution in [3.8, 4) is 17.2 Å². The van der Waals surface area contributed by atoms with Crippen molar-refractivity contribution >= 4 is 5.96 Å². The summed E-state index contributed by atoms with van der Waals surface area (Å²) in [5.41, 5.74) is 1.00. The van der Waals surface area contributed by atoms with Crippen molar-refractivity contribution in [1.29, 1.82) is 0 Å². The van der Waals surface area contributed by atoms with Crippen LogP contribution < -0.4 is 19.5 Å². The van der Waals surface area contributed by atoms with E-state index in [2.05, 4.69) is 15.2 Å². The summed E-state index contributed by atoms with van der Waals surface area (Å²) in [4.78, 5) is 6.73. The molecule has 1 aliphatic heterocycles. The van der Waals surface area contributed by atoms with Crippen LogP contribution in [0.4, 0.5) is 0 Å². The van der Waals surface area contributed by atoms with Crippen molar-refractivity contribution in [2.45, 2.75) is 12.8 Å². The third-order valence-electron chi connectivity index (χ3n) is 5.06. The summed E-state index contributed by atoms with van der Waals surface area (Å²) >= 11 is 0. The number of guanidine groups is 1. The molecule has 164 valence electrons. The van der Waals surface area contributed by atoms with Crippen LogP contribution in [0.5, 0.6) is 17.2 Å². The van der Waals surface area contributed by atoms with Gasteiger partial charge in [0, 0.05) is 57.4 Å². The van der Waals surface area contributed by atoms with Gasteiger partial charge in [-0.25, -0.2) is 0 Å². The zero-order chi connectivity index (χ0) is 21.1. The van der Waals surface area contributed by atoms with Crippen LogP contribution in [0.3, 0.4) is 0 Å². The van der Waals surface area contributed by atoms with Crippen LogP contribution >= 0.6 is 0 Å². The zero-order valence-electron chi connectivity index (χ0n) is 18.3. The average Bonchev–Trinajstić information content (AvgIpc) is 3.22. The summed E-state index contributed by atoms with van der Waals surface area (Å²) in [6.07, 6.45) is 1.85. The molecule has 1 heterocycles. The van der Waals surface area contributed by atoms with Gasteiger partial charge in [-0.05, 0) is 12.8 Å². The van der Waals surface area contributed by atoms with Gasteiger partial charge in [-0.15, -0.1) is 0 Å². The fraction of sp³-hybridized carbons (Fsp3) is 0.667. The number of nitrogens with one attached hydrogen (secondary N) is 1. The highest BCUT2D eigenvalue weighted by Gasteiger charge is 2.25. The number of methoxy groups -OCH3 is 4. The molecule has 1 N–H and O–H groups in total. The number of rotatable bonds is 11. The largest absolute Gasteiger partial charge is 0.496 e. The monoisotopic (exact) mass is 409 g/mol. The summed E-state index contributed by atoms with van der Waals surface area (Å²) in [6.45, 7) is 4.69. The molecule has 0 saturated carbocycles. The van der Waals surface area contributed by atoms with E-state index in [1.807, 2.05) is 19.2 Å². The fourth-order valence-corrected chi connectivity index (χ4v) is 3.51. The molecule has 1 saturated heterocycles. The number of ether oxygens (including phenoxy) is 5. The third-order valence-corrected chi connectivity index (χ3v) is 5.06. The van der Waals surface area contributed by atoms with E-state index in [4.69, 9.17) is 23.7 Å². The van der Waals surface area contributed by atoms with E-state index in [-0.39, 0.29) is 0 Å². The van der Waals surface area contributed by atoms with Crippen LogP contribution in [0, 0.1) is 5.92 Å². The molecule has 1 aliphatic rings. The second kappa shape index (κ2) is 12.4. The number of nitrogens with zero attached hydrogens (tertiary/aromatic N) is 2. The molecular formula is C21H35N3O5. The molecule has 0 radical (unpaired) electrons. The first kappa shape index (κ1) is 23.1. The van der Waals surface area contributed by atoms with Crippen molar-refractivity contribution in [1.82, 2.24) is 10.2 Å². The highest BCUT2D eigenvalue weighted by molar-refractivity contribution is 5.80. The molecule has 8 nitrogen and oxygen atoms in total. The maximum absolute atomic E-state index is 5.68. The summed E-state index contributed by atoms with van der Waals surface area (Å²) < 4.78 is 27.1. The average molecular weight is 410 g/mol. The van der Waals surface area contributed by atoms with Gasteiger partial charge < -0.3 is 33.9 Å². The molecule has 1 aromatic rings. The predicted molar refractivity (Wildman–Crippen MR) is 114 cm³/mol. The van der Waals surface area contributed by atoms with Gasteiger partial charge in [-0.3, -0.25) is 4.99 Å². The lowest BCUT2D eigenvalue weighted by atomic mass is 10.1. The second-order valence-corrected chi connectivity index (χ2v) is 6.90. The van der Waals surface area contributed by atoms with Gasteiger partial charge in [-0.2, -0.15) is 0 Å². The Kier molecular flexibility index (Phi) is 9.87. The Labute approximate surface area is 174 Å². The first-order valence-corrected chi connectivity index (χ1v) is 9.97. The predicted octanol–water partition coefficient (Wildman–Crippen LogP) is 1.82. The molecule has 29 heavy (non-hydrogen) atoms. The molecule has 1 fully saturated rings. The summed E-state index contributed by atoms with van der Waals surface area (Å²) in [6, 6.07) is 3.75. The quantitative estimate of drug-likeness (QED) is 0.339. The van der Waals surface area contributed by atoms with Crippen LogP contribution in [0.2, 0.25) is 0 Å². The van der Waals surface area contributed by atoms with E-state index in [1.165, 1.54) is 0 Å². The summed E-state index contributed by atoms with van der Waals surface area (Å²) in [5.74, 6) is 3.66. The number of likely N-dealkylation sites (tertiary alicyclic amines) is 1. The minimum Gasteiger partial charge on any atom is -0.496 e. The van der Waals surface area contributed by atoms with E-state index >= 15 is 0 Å². The highest BCUT2D eigenvalue weighted by atomic mass is 16.5. The number of aliphatic imine (C=N–C) groups is 1. The number of hydrogen-bond acceptors (Lipinski definition) is 6. The third kappa shape index (κ3) is 6.68. The molecule has 1 unspecified atom stereocenters. The lowest BCUT2D eigenvalue weighted by molar-refractivity contribution is 0.0536. The van der Waals surface area contributed by atoms with Crippen molar-refractivity contribution < 1.29 is 23.7 Å². The van der Waals surface area contributed by atoms with Gasteiger partial charge in [0.2, 0.25) is 0 Å². The summed E-state index contributed by atoms with van der Waals surface area (Å²) in [7, 11) is 8.45. The van der Waals surface area contributed by atoms with Crippen molar-refractivity contribution in [3.63, 3.8) is 0 Å². The Hall–Kier alpha value is -2.19. The Balaban J connectivity index is 1.88. The van der Waals surface area contributed by atoms with Crippen LogP contribution in [0.1, 0.15) is 12.0 Å². The van der Waals surface area contributed by atoms with Gasteiger partial charge >= 0.3 is 0 Å². The van der Waals surface area contributed by atoms with Gasteiger partial charge in [0.25, 0.3) is 0 Å². The van der Waals surface area contributed by atoms with E-state index in [0.29, 0.717) is 24.9 Å². The van der Waals surface area contributed by atoms with Crippen molar-refractivity contribution in [3.05, 3.63) is 17.7 Å². The van der Waals surface area contributed by atoms with Crippen molar-refractivity contribution in [2.75, 3.05) is 74.9 Å². The van der Waals surface area contributed by atoms with E-state index in [1.54, 1.807) is 28.4 Å². The lowest BCUT2D eigenvalue weighted by Gasteiger charge is -2.22. The fourth-order valence-electron chi connectivity index (χ4n) is 3.51. The SMILES string of the molecule is CN=C(NCCc1c(OC)cc(OC)cc1OC)N1CCC(COCCOC)C1. The number of benzene rings is 1. The minimum atomic E-state index is 0.521. The second-order valence-electron chi connectivity index (χ2n) is 6.90. The van der Waals surface area contributed by atoms with Crippen molar-refractivity contribution in [2.24, 2.45) is 10.9 Å². The highest BCUT2D eigenvalue weighted by Crippen LogP contribution is 2.34. The molecule has 0 amide bonds. The topological polar surface area (TPSA) is 73.8 Å².